The molecule has 2 heterocycles. The number of para-hydroxylation sites is 1. The Balaban J connectivity index is 2.16. The zero-order valence-corrected chi connectivity index (χ0v) is 15.8. The van der Waals surface area contributed by atoms with Crippen molar-refractivity contribution in [3.8, 4) is 5.88 Å². The van der Waals surface area contributed by atoms with E-state index in [1.54, 1.807) is 46.0 Å². The maximum atomic E-state index is 12.6. The van der Waals surface area contributed by atoms with Crippen LogP contribution in [-0.4, -0.2) is 36.0 Å². The van der Waals surface area contributed by atoms with Gasteiger partial charge in [0, 0.05) is 24.2 Å². The molecular weight excluding hydrogens is 354 g/mol. The number of aromatic nitrogens is 3. The number of aliphatic hydroxyl groups excluding tert-OH is 1. The Morgan fingerprint density at radius 1 is 1.31 bits per heavy atom. The van der Waals surface area contributed by atoms with Crippen molar-refractivity contribution in [3.05, 3.63) is 46.5 Å². The van der Waals surface area contributed by atoms with Crippen LogP contribution in [0.25, 0.3) is 10.9 Å². The molecule has 26 heavy (non-hydrogen) atoms. The van der Waals surface area contributed by atoms with Crippen molar-refractivity contribution in [3.63, 3.8) is 0 Å². The van der Waals surface area contributed by atoms with Crippen LogP contribution in [0, 0.1) is 4.77 Å². The summed E-state index contributed by atoms with van der Waals surface area (Å²) in [7, 11) is 1.64. The van der Waals surface area contributed by atoms with Crippen molar-refractivity contribution in [1.29, 1.82) is 0 Å². The first-order valence-corrected chi connectivity index (χ1v) is 8.50. The van der Waals surface area contributed by atoms with E-state index in [1.165, 1.54) is 15.3 Å². The molecule has 0 amide bonds. The van der Waals surface area contributed by atoms with E-state index in [9.17, 15) is 15.0 Å². The quantitative estimate of drug-likeness (QED) is 0.595. The smallest absolute Gasteiger partial charge is 0.419 e. The summed E-state index contributed by atoms with van der Waals surface area (Å²) in [6.07, 6.45) is -0.195. The van der Waals surface area contributed by atoms with Crippen LogP contribution in [0.15, 0.2) is 30.5 Å². The van der Waals surface area contributed by atoms with E-state index >= 15 is 0 Å². The lowest BCUT2D eigenvalue weighted by Gasteiger charge is -2.19. The maximum Gasteiger partial charge on any atom is 0.419 e. The van der Waals surface area contributed by atoms with E-state index in [1.807, 2.05) is 6.07 Å². The minimum absolute atomic E-state index is 0.209. The fourth-order valence-corrected chi connectivity index (χ4v) is 3.06. The highest BCUT2D eigenvalue weighted by atomic mass is 32.1. The molecule has 3 aromatic rings. The molecule has 0 spiro atoms. The number of fused-ring (bicyclic) bond motifs is 1. The average molecular weight is 375 g/mol. The van der Waals surface area contributed by atoms with Crippen molar-refractivity contribution in [2.45, 2.75) is 32.5 Å². The van der Waals surface area contributed by atoms with Gasteiger partial charge in [-0.2, -0.15) is 0 Å². The number of benzene rings is 1. The molecule has 0 radical (unpaired) electrons. The Labute approximate surface area is 155 Å². The average Bonchev–Trinajstić information content (AvgIpc) is 3.03. The van der Waals surface area contributed by atoms with Gasteiger partial charge in [-0.05, 0) is 39.1 Å². The number of aliphatic hydroxyl groups is 1. The molecule has 8 heteroatoms. The number of nitrogens with zero attached hydrogens (tertiary/aromatic N) is 2. The molecule has 0 bridgehead atoms. The van der Waals surface area contributed by atoms with Crippen molar-refractivity contribution < 1.29 is 19.7 Å². The molecule has 3 rings (SSSR count). The van der Waals surface area contributed by atoms with E-state index in [-0.39, 0.29) is 16.3 Å². The molecule has 0 saturated carbocycles. The molecule has 2 aromatic heterocycles. The molecule has 138 valence electrons. The number of hydrogen-bond acceptors (Lipinski definition) is 5. The number of ether oxygens (including phenoxy) is 1. The summed E-state index contributed by atoms with van der Waals surface area (Å²) in [5.41, 5.74) is 0.643. The van der Waals surface area contributed by atoms with Crippen LogP contribution in [0.5, 0.6) is 5.88 Å². The van der Waals surface area contributed by atoms with Crippen molar-refractivity contribution in [2.75, 3.05) is 0 Å². The van der Waals surface area contributed by atoms with Gasteiger partial charge in [-0.15, -0.1) is 0 Å². The van der Waals surface area contributed by atoms with Crippen molar-refractivity contribution in [1.82, 2.24) is 14.1 Å². The first kappa shape index (κ1) is 18.2. The third kappa shape index (κ3) is 3.13. The van der Waals surface area contributed by atoms with E-state index in [0.717, 1.165) is 0 Å². The second-order valence-electron chi connectivity index (χ2n) is 7.08. The maximum absolute atomic E-state index is 12.6. The lowest BCUT2D eigenvalue weighted by atomic mass is 10.1. The first-order valence-electron chi connectivity index (χ1n) is 8.09. The summed E-state index contributed by atoms with van der Waals surface area (Å²) in [5, 5.41) is 21.6. The zero-order valence-electron chi connectivity index (χ0n) is 15.0. The second-order valence-corrected chi connectivity index (χ2v) is 7.46. The lowest BCUT2D eigenvalue weighted by Crippen LogP contribution is -2.26. The minimum atomic E-state index is -1.18. The number of carbonyl (C=O) groups is 1. The van der Waals surface area contributed by atoms with Crippen LogP contribution in [0.1, 0.15) is 38.1 Å². The number of H-pyrrole nitrogens is 1. The minimum Gasteiger partial charge on any atom is -0.493 e. The third-order valence-electron chi connectivity index (χ3n) is 4.02. The molecule has 0 fully saturated rings. The molecule has 0 aliphatic heterocycles. The molecule has 1 unspecified atom stereocenters. The van der Waals surface area contributed by atoms with Crippen LogP contribution >= 0.6 is 12.2 Å². The number of aromatic hydroxyl groups is 1. The van der Waals surface area contributed by atoms with Crippen LogP contribution in [0.2, 0.25) is 0 Å². The standard InChI is InChI=1S/C18H21N3O4S/c1-18(2,3)25-17(24)21-9-11(10-7-5-6-8-12(10)21)14(22)13-15(23)19-16(26)20(13)4/h5-9,14,22-23H,1-4H3,(H,19,26). The summed E-state index contributed by atoms with van der Waals surface area (Å²) in [5.74, 6) is -0.209. The highest BCUT2D eigenvalue weighted by molar-refractivity contribution is 7.71. The van der Waals surface area contributed by atoms with Gasteiger partial charge in [0.15, 0.2) is 4.77 Å². The van der Waals surface area contributed by atoms with E-state index < -0.39 is 17.8 Å². The summed E-state index contributed by atoms with van der Waals surface area (Å²) < 4.78 is 8.59. The zero-order chi connectivity index (χ0) is 19.2. The van der Waals surface area contributed by atoms with Crippen LogP contribution in [0.4, 0.5) is 4.79 Å². The van der Waals surface area contributed by atoms with Crippen LogP contribution < -0.4 is 0 Å². The highest BCUT2D eigenvalue weighted by Gasteiger charge is 2.26. The summed E-state index contributed by atoms with van der Waals surface area (Å²) in [6, 6.07) is 7.18. The van der Waals surface area contributed by atoms with Crippen LogP contribution in [-0.2, 0) is 11.8 Å². The lowest BCUT2D eigenvalue weighted by molar-refractivity contribution is 0.0544. The van der Waals surface area contributed by atoms with Crippen molar-refractivity contribution in [2.24, 2.45) is 7.05 Å². The predicted octanol–water partition coefficient (Wildman–Crippen LogP) is 3.61. The predicted molar refractivity (Wildman–Crippen MR) is 99.9 cm³/mol. The van der Waals surface area contributed by atoms with Crippen LogP contribution in [0.3, 0.4) is 0 Å². The molecule has 0 saturated heterocycles. The summed E-state index contributed by atoms with van der Waals surface area (Å²) in [4.78, 5) is 15.2. The number of hydrogen-bond donors (Lipinski definition) is 3. The van der Waals surface area contributed by atoms with Gasteiger partial charge in [-0.3, -0.25) is 4.57 Å². The fraction of sp³-hybridized carbons (Fsp3) is 0.333. The third-order valence-corrected chi connectivity index (χ3v) is 4.40. The Hall–Kier alpha value is -2.58. The van der Waals surface area contributed by atoms with Gasteiger partial charge in [-0.25, -0.2) is 4.79 Å². The first-order chi connectivity index (χ1) is 12.1. The SMILES string of the molecule is Cn1c(C(O)c2cn(C(=O)OC(C)(C)C)c3ccccc23)c(O)[nH]c1=S. The molecule has 3 N–H and O–H groups in total. The number of aromatic amines is 1. The molecular formula is C18H21N3O4S. The number of nitrogens with one attached hydrogen (secondary N) is 1. The second kappa shape index (κ2) is 6.30. The van der Waals surface area contributed by atoms with Gasteiger partial charge in [-0.1, -0.05) is 18.2 Å². The monoisotopic (exact) mass is 375 g/mol. The van der Waals surface area contributed by atoms with E-state index in [4.69, 9.17) is 17.0 Å². The van der Waals surface area contributed by atoms with E-state index in [0.29, 0.717) is 16.5 Å². The fourth-order valence-electron chi connectivity index (χ4n) is 2.86. The molecule has 0 aliphatic carbocycles. The Bertz CT molecular complexity index is 1040. The molecule has 1 atom stereocenters. The van der Waals surface area contributed by atoms with Gasteiger partial charge in [0.05, 0.1) is 5.52 Å². The van der Waals surface area contributed by atoms with Gasteiger partial charge < -0.3 is 24.5 Å². The Kier molecular flexibility index (Phi) is 4.41. The Morgan fingerprint density at radius 2 is 1.96 bits per heavy atom. The molecule has 1 aromatic carbocycles. The molecule has 7 nitrogen and oxygen atoms in total. The highest BCUT2D eigenvalue weighted by Crippen LogP contribution is 2.34. The van der Waals surface area contributed by atoms with Gasteiger partial charge in [0.1, 0.15) is 17.4 Å². The molecule has 0 aliphatic rings. The topological polar surface area (TPSA) is 92.4 Å². The number of imidazole rings is 1. The van der Waals surface area contributed by atoms with Gasteiger partial charge in [0.2, 0.25) is 5.88 Å². The summed E-state index contributed by atoms with van der Waals surface area (Å²) >= 11 is 5.09. The summed E-state index contributed by atoms with van der Waals surface area (Å²) in [6.45, 7) is 5.36. The largest absolute Gasteiger partial charge is 0.493 e. The van der Waals surface area contributed by atoms with Gasteiger partial charge in [0.25, 0.3) is 0 Å². The van der Waals surface area contributed by atoms with Crippen molar-refractivity contribution >= 4 is 29.2 Å². The number of carbonyl (C=O) groups excluding carboxylic acids is 1. The normalized spacial score (nSPS) is 13.1. The number of rotatable bonds is 2. The van der Waals surface area contributed by atoms with Gasteiger partial charge >= 0.3 is 6.09 Å². The Morgan fingerprint density at radius 3 is 2.54 bits per heavy atom. The van der Waals surface area contributed by atoms with E-state index in [2.05, 4.69) is 4.98 Å².